The summed E-state index contributed by atoms with van der Waals surface area (Å²) < 4.78 is 0. The van der Waals surface area contributed by atoms with Crippen molar-refractivity contribution in [3.8, 4) is 11.1 Å². The third kappa shape index (κ3) is 3.54. The lowest BCUT2D eigenvalue weighted by Gasteiger charge is -2.20. The lowest BCUT2D eigenvalue weighted by molar-refractivity contribution is -0.130. The van der Waals surface area contributed by atoms with Crippen LogP contribution in [0, 0.1) is 0 Å². The van der Waals surface area contributed by atoms with Gasteiger partial charge in [-0.15, -0.1) is 0 Å². The molecule has 0 saturated heterocycles. The number of nitrogens with zero attached hydrogens (tertiary/aromatic N) is 4. The van der Waals surface area contributed by atoms with Crippen LogP contribution in [0.2, 0.25) is 0 Å². The minimum Gasteiger partial charge on any atom is -0.367 e. The molecule has 3 aromatic rings. The largest absolute Gasteiger partial charge is 0.367 e. The lowest BCUT2D eigenvalue weighted by atomic mass is 10.0. The summed E-state index contributed by atoms with van der Waals surface area (Å²) >= 11 is 0. The van der Waals surface area contributed by atoms with Crippen molar-refractivity contribution in [2.24, 2.45) is 0 Å². The first kappa shape index (κ1) is 17.1. The molecule has 142 valence electrons. The minimum atomic E-state index is 0.119. The van der Waals surface area contributed by atoms with Crippen molar-refractivity contribution in [2.45, 2.75) is 51.2 Å². The molecular weight excluding hydrogens is 350 g/mol. The molecule has 0 radical (unpaired) electrons. The highest BCUT2D eigenvalue weighted by Crippen LogP contribution is 2.31. The number of pyridine rings is 1. The van der Waals surface area contributed by atoms with E-state index in [1.165, 1.54) is 12.8 Å². The molecule has 1 amide bonds. The van der Waals surface area contributed by atoms with Crippen LogP contribution >= 0.6 is 0 Å². The highest BCUT2D eigenvalue weighted by atomic mass is 16.2. The standard InChI is InChI=1S/C22H23N5O/c1-14(28)27(19-5-6-19)12-18-10-16(8-9-23-18)15-2-7-21-20(11-15)22(25-13-24-21)26-17-3-4-17/h2,7-11,13,17,19H,3-6,12H2,1H3,(H,24,25,26). The average molecular weight is 373 g/mol. The summed E-state index contributed by atoms with van der Waals surface area (Å²) in [6, 6.07) is 11.3. The first-order valence-corrected chi connectivity index (χ1v) is 9.91. The normalized spacial score (nSPS) is 16.2. The maximum Gasteiger partial charge on any atom is 0.220 e. The number of fused-ring (bicyclic) bond motifs is 1. The molecule has 2 aliphatic rings. The Bertz CT molecular complexity index is 1040. The molecule has 0 atom stereocenters. The molecule has 0 aliphatic heterocycles. The maximum atomic E-state index is 11.9. The first-order chi connectivity index (χ1) is 13.7. The predicted octanol–water partition coefficient (Wildman–Crippen LogP) is 3.78. The van der Waals surface area contributed by atoms with Crippen LogP contribution in [0.4, 0.5) is 5.82 Å². The number of benzene rings is 1. The predicted molar refractivity (Wildman–Crippen MR) is 109 cm³/mol. The van der Waals surface area contributed by atoms with Gasteiger partial charge in [0.05, 0.1) is 17.8 Å². The Labute approximate surface area is 164 Å². The van der Waals surface area contributed by atoms with E-state index in [4.69, 9.17) is 0 Å². The second kappa shape index (κ2) is 6.86. The van der Waals surface area contributed by atoms with Crippen LogP contribution in [0.3, 0.4) is 0 Å². The fraction of sp³-hybridized carbons (Fsp3) is 0.364. The van der Waals surface area contributed by atoms with E-state index in [9.17, 15) is 4.79 Å². The summed E-state index contributed by atoms with van der Waals surface area (Å²) in [6.45, 7) is 2.21. The molecule has 2 heterocycles. The average Bonchev–Trinajstić information content (AvgIpc) is 3.61. The molecule has 2 aliphatic carbocycles. The summed E-state index contributed by atoms with van der Waals surface area (Å²) in [4.78, 5) is 27.2. The lowest BCUT2D eigenvalue weighted by Crippen LogP contribution is -2.30. The van der Waals surface area contributed by atoms with Gasteiger partial charge in [-0.3, -0.25) is 9.78 Å². The van der Waals surface area contributed by atoms with Gasteiger partial charge in [0.15, 0.2) is 0 Å². The Kier molecular flexibility index (Phi) is 4.19. The molecule has 2 aromatic heterocycles. The number of hydrogen-bond acceptors (Lipinski definition) is 5. The van der Waals surface area contributed by atoms with Gasteiger partial charge in [-0.05, 0) is 61.1 Å². The summed E-state index contributed by atoms with van der Waals surface area (Å²) in [5.74, 6) is 1.02. The fourth-order valence-corrected chi connectivity index (χ4v) is 3.57. The Hall–Kier alpha value is -3.02. The quantitative estimate of drug-likeness (QED) is 0.712. The fourth-order valence-electron chi connectivity index (χ4n) is 3.57. The van der Waals surface area contributed by atoms with Gasteiger partial charge in [-0.25, -0.2) is 9.97 Å². The molecule has 2 saturated carbocycles. The smallest absolute Gasteiger partial charge is 0.220 e. The van der Waals surface area contributed by atoms with Crippen molar-refractivity contribution in [3.63, 3.8) is 0 Å². The molecule has 5 rings (SSSR count). The van der Waals surface area contributed by atoms with Crippen LogP contribution in [0.5, 0.6) is 0 Å². The number of aromatic nitrogens is 3. The monoisotopic (exact) mass is 373 g/mol. The number of hydrogen-bond donors (Lipinski definition) is 1. The van der Waals surface area contributed by atoms with Crippen LogP contribution < -0.4 is 5.32 Å². The van der Waals surface area contributed by atoms with Gasteiger partial charge in [0, 0.05) is 30.6 Å². The van der Waals surface area contributed by atoms with Crippen molar-refractivity contribution >= 4 is 22.6 Å². The molecule has 2 fully saturated rings. The van der Waals surface area contributed by atoms with Crippen molar-refractivity contribution in [1.82, 2.24) is 19.9 Å². The Balaban J connectivity index is 1.46. The molecule has 1 N–H and O–H groups in total. The van der Waals surface area contributed by atoms with E-state index in [0.29, 0.717) is 18.6 Å². The van der Waals surface area contributed by atoms with Gasteiger partial charge in [0.25, 0.3) is 0 Å². The van der Waals surface area contributed by atoms with Gasteiger partial charge >= 0.3 is 0 Å². The molecule has 0 unspecified atom stereocenters. The minimum absolute atomic E-state index is 0.119. The molecule has 0 spiro atoms. The number of amides is 1. The highest BCUT2D eigenvalue weighted by Gasteiger charge is 2.31. The van der Waals surface area contributed by atoms with E-state index in [-0.39, 0.29) is 5.91 Å². The van der Waals surface area contributed by atoms with Crippen LogP contribution in [0.1, 0.15) is 38.3 Å². The molecule has 0 bridgehead atoms. The van der Waals surface area contributed by atoms with Gasteiger partial charge in [-0.1, -0.05) is 6.07 Å². The molecule has 6 nitrogen and oxygen atoms in total. The zero-order chi connectivity index (χ0) is 19.1. The van der Waals surface area contributed by atoms with E-state index < -0.39 is 0 Å². The number of anilines is 1. The number of carbonyl (C=O) groups excluding carboxylic acids is 1. The first-order valence-electron chi connectivity index (χ1n) is 9.91. The summed E-state index contributed by atoms with van der Waals surface area (Å²) in [7, 11) is 0. The summed E-state index contributed by atoms with van der Waals surface area (Å²) in [5, 5.41) is 4.54. The maximum absolute atomic E-state index is 11.9. The molecule has 6 heteroatoms. The Morgan fingerprint density at radius 3 is 2.64 bits per heavy atom. The van der Waals surface area contributed by atoms with Crippen molar-refractivity contribution in [2.75, 3.05) is 5.32 Å². The van der Waals surface area contributed by atoms with Crippen LogP contribution in [0.15, 0.2) is 42.9 Å². The van der Waals surface area contributed by atoms with E-state index >= 15 is 0 Å². The van der Waals surface area contributed by atoms with Crippen molar-refractivity contribution in [1.29, 1.82) is 0 Å². The Morgan fingerprint density at radius 2 is 1.89 bits per heavy atom. The van der Waals surface area contributed by atoms with Crippen molar-refractivity contribution in [3.05, 3.63) is 48.5 Å². The second-order valence-electron chi connectivity index (χ2n) is 7.79. The van der Waals surface area contributed by atoms with Gasteiger partial charge in [-0.2, -0.15) is 0 Å². The van der Waals surface area contributed by atoms with E-state index in [1.807, 2.05) is 23.2 Å². The SMILES string of the molecule is CC(=O)N(Cc1cc(-c2ccc3ncnc(NC4CC4)c3c2)ccn1)C1CC1. The number of nitrogens with one attached hydrogen (secondary N) is 1. The van der Waals surface area contributed by atoms with Crippen LogP contribution in [0.25, 0.3) is 22.0 Å². The third-order valence-electron chi connectivity index (χ3n) is 5.43. The van der Waals surface area contributed by atoms with Gasteiger partial charge in [0.2, 0.25) is 5.91 Å². The van der Waals surface area contributed by atoms with E-state index in [1.54, 1.807) is 13.3 Å². The third-order valence-corrected chi connectivity index (χ3v) is 5.43. The molecule has 1 aromatic carbocycles. The van der Waals surface area contributed by atoms with E-state index in [0.717, 1.165) is 46.4 Å². The molecule has 28 heavy (non-hydrogen) atoms. The van der Waals surface area contributed by atoms with Crippen molar-refractivity contribution < 1.29 is 4.79 Å². The Morgan fingerprint density at radius 1 is 1.07 bits per heavy atom. The van der Waals surface area contributed by atoms with Gasteiger partial charge in [0.1, 0.15) is 12.1 Å². The highest BCUT2D eigenvalue weighted by molar-refractivity contribution is 5.92. The van der Waals surface area contributed by atoms with Crippen LogP contribution in [-0.4, -0.2) is 37.8 Å². The second-order valence-corrected chi connectivity index (χ2v) is 7.79. The van der Waals surface area contributed by atoms with E-state index in [2.05, 4.69) is 38.5 Å². The zero-order valence-corrected chi connectivity index (χ0v) is 15.9. The topological polar surface area (TPSA) is 71.0 Å². The number of carbonyl (C=O) groups is 1. The van der Waals surface area contributed by atoms with Crippen LogP contribution in [-0.2, 0) is 11.3 Å². The van der Waals surface area contributed by atoms with Gasteiger partial charge < -0.3 is 10.2 Å². The molecular formula is C22H23N5O. The summed E-state index contributed by atoms with van der Waals surface area (Å²) in [6.07, 6.45) is 8.04. The number of rotatable bonds is 6. The summed E-state index contributed by atoms with van der Waals surface area (Å²) in [5.41, 5.74) is 4.05. The zero-order valence-electron chi connectivity index (χ0n) is 15.9.